The summed E-state index contributed by atoms with van der Waals surface area (Å²) >= 11 is 0. The molecule has 0 saturated carbocycles. The van der Waals surface area contributed by atoms with Gasteiger partial charge < -0.3 is 0 Å². The average Bonchev–Trinajstić information content (AvgIpc) is 2.68. The van der Waals surface area contributed by atoms with Gasteiger partial charge in [-0.3, -0.25) is 9.98 Å². The Labute approximate surface area is 163 Å². The molecular weight excluding hydrogens is 328 g/mol. The highest BCUT2D eigenvalue weighted by molar-refractivity contribution is 6.03. The maximum Gasteiger partial charge on any atom is 0.0702 e. The molecule has 0 unspecified atom stereocenters. The SMILES string of the molecule is CC(C)c1cccc(C(C)C)c1N=C(Cc1ccccn1)c1ccccc1. The van der Waals surface area contributed by atoms with Gasteiger partial charge in [-0.05, 0) is 40.7 Å². The Bertz CT molecular complexity index is 868. The molecule has 138 valence electrons. The zero-order valence-electron chi connectivity index (χ0n) is 16.7. The zero-order valence-corrected chi connectivity index (χ0v) is 16.7. The Balaban J connectivity index is 2.16. The molecule has 0 spiro atoms. The normalized spacial score (nSPS) is 12.0. The van der Waals surface area contributed by atoms with Crippen LogP contribution < -0.4 is 0 Å². The van der Waals surface area contributed by atoms with Gasteiger partial charge in [-0.2, -0.15) is 0 Å². The van der Waals surface area contributed by atoms with E-state index >= 15 is 0 Å². The van der Waals surface area contributed by atoms with E-state index in [4.69, 9.17) is 4.99 Å². The molecule has 2 heteroatoms. The number of para-hydroxylation sites is 1. The fraction of sp³-hybridized carbons (Fsp3) is 0.280. The summed E-state index contributed by atoms with van der Waals surface area (Å²) < 4.78 is 0. The van der Waals surface area contributed by atoms with Gasteiger partial charge in [0.05, 0.1) is 11.4 Å². The largest absolute Gasteiger partial charge is 0.261 e. The van der Waals surface area contributed by atoms with Crippen molar-refractivity contribution >= 4 is 11.4 Å². The van der Waals surface area contributed by atoms with Crippen LogP contribution in [-0.2, 0) is 6.42 Å². The summed E-state index contributed by atoms with van der Waals surface area (Å²) in [4.78, 5) is 9.76. The molecule has 0 N–H and O–H groups in total. The van der Waals surface area contributed by atoms with Crippen LogP contribution in [0.4, 0.5) is 5.69 Å². The molecule has 0 aliphatic rings. The Hall–Kier alpha value is -2.74. The average molecular weight is 357 g/mol. The molecule has 2 aromatic carbocycles. The number of rotatable bonds is 6. The number of benzene rings is 2. The Kier molecular flexibility index (Phi) is 6.18. The van der Waals surface area contributed by atoms with Gasteiger partial charge in [0.2, 0.25) is 0 Å². The first kappa shape index (κ1) is 19.0. The van der Waals surface area contributed by atoms with Crippen molar-refractivity contribution in [1.82, 2.24) is 4.98 Å². The molecule has 0 bridgehead atoms. The summed E-state index contributed by atoms with van der Waals surface area (Å²) in [5, 5.41) is 0. The molecule has 27 heavy (non-hydrogen) atoms. The predicted octanol–water partition coefficient (Wildman–Crippen LogP) is 6.69. The number of pyridine rings is 1. The number of hydrogen-bond acceptors (Lipinski definition) is 2. The van der Waals surface area contributed by atoms with Crippen molar-refractivity contribution in [2.45, 2.75) is 46.0 Å². The second kappa shape index (κ2) is 8.77. The number of nitrogens with zero attached hydrogens (tertiary/aromatic N) is 2. The van der Waals surface area contributed by atoms with Gasteiger partial charge in [-0.15, -0.1) is 0 Å². The lowest BCUT2D eigenvalue weighted by atomic mass is 9.92. The molecule has 0 fully saturated rings. The third-order valence-corrected chi connectivity index (χ3v) is 4.77. The van der Waals surface area contributed by atoms with Gasteiger partial charge in [0.25, 0.3) is 0 Å². The van der Waals surface area contributed by atoms with Crippen molar-refractivity contribution in [3.63, 3.8) is 0 Å². The van der Waals surface area contributed by atoms with Gasteiger partial charge >= 0.3 is 0 Å². The number of aromatic nitrogens is 1. The summed E-state index contributed by atoms with van der Waals surface area (Å²) in [7, 11) is 0. The quantitative estimate of drug-likeness (QED) is 0.452. The lowest BCUT2D eigenvalue weighted by Crippen LogP contribution is -2.07. The van der Waals surface area contributed by atoms with Gasteiger partial charge in [0, 0.05) is 18.3 Å². The van der Waals surface area contributed by atoms with Crippen molar-refractivity contribution in [2.75, 3.05) is 0 Å². The Morgan fingerprint density at radius 2 is 1.41 bits per heavy atom. The van der Waals surface area contributed by atoms with Crippen LogP contribution >= 0.6 is 0 Å². The molecule has 3 aromatic rings. The van der Waals surface area contributed by atoms with Gasteiger partial charge in [0.15, 0.2) is 0 Å². The first-order valence-corrected chi connectivity index (χ1v) is 9.72. The summed E-state index contributed by atoms with van der Waals surface area (Å²) in [6, 6.07) is 23.1. The molecule has 3 rings (SSSR count). The standard InChI is InChI=1S/C25H28N2/c1-18(2)22-14-10-15-23(19(3)4)25(22)27-24(20-11-6-5-7-12-20)17-21-13-8-9-16-26-21/h5-16,18-19H,17H2,1-4H3. The molecule has 1 aromatic heterocycles. The van der Waals surface area contributed by atoms with Crippen molar-refractivity contribution in [3.05, 3.63) is 95.3 Å². The topological polar surface area (TPSA) is 25.2 Å². The first-order chi connectivity index (χ1) is 13.1. The van der Waals surface area contributed by atoms with E-state index in [0.717, 1.165) is 29.1 Å². The summed E-state index contributed by atoms with van der Waals surface area (Å²) in [6.07, 6.45) is 2.56. The lowest BCUT2D eigenvalue weighted by molar-refractivity contribution is 0.834. The lowest BCUT2D eigenvalue weighted by Gasteiger charge is -2.18. The summed E-state index contributed by atoms with van der Waals surface area (Å²) in [5.74, 6) is 0.851. The van der Waals surface area contributed by atoms with Crippen molar-refractivity contribution < 1.29 is 0 Å². The maximum absolute atomic E-state index is 5.24. The van der Waals surface area contributed by atoms with Gasteiger partial charge in [-0.1, -0.05) is 82.3 Å². The molecule has 1 heterocycles. The minimum absolute atomic E-state index is 0.425. The molecule has 0 aliphatic carbocycles. The molecular formula is C25H28N2. The van der Waals surface area contributed by atoms with E-state index in [0.29, 0.717) is 11.8 Å². The van der Waals surface area contributed by atoms with Crippen LogP contribution in [-0.4, -0.2) is 10.7 Å². The van der Waals surface area contributed by atoms with E-state index in [1.54, 1.807) is 0 Å². The molecule has 0 aliphatic heterocycles. The fourth-order valence-corrected chi connectivity index (χ4v) is 3.29. The minimum atomic E-state index is 0.425. The molecule has 2 nitrogen and oxygen atoms in total. The van der Waals surface area contributed by atoms with Crippen LogP contribution in [0.1, 0.15) is 61.9 Å². The van der Waals surface area contributed by atoms with E-state index in [1.165, 1.54) is 11.1 Å². The van der Waals surface area contributed by atoms with Crippen LogP contribution in [0.5, 0.6) is 0 Å². The summed E-state index contributed by atoms with van der Waals surface area (Å²) in [6.45, 7) is 8.94. The van der Waals surface area contributed by atoms with E-state index in [-0.39, 0.29) is 0 Å². The Morgan fingerprint density at radius 1 is 0.778 bits per heavy atom. The smallest absolute Gasteiger partial charge is 0.0702 e. The maximum atomic E-state index is 5.24. The third kappa shape index (κ3) is 4.71. The fourth-order valence-electron chi connectivity index (χ4n) is 3.29. The van der Waals surface area contributed by atoms with Gasteiger partial charge in [-0.25, -0.2) is 0 Å². The number of aliphatic imine (C=N–C) groups is 1. The highest BCUT2D eigenvalue weighted by Crippen LogP contribution is 2.35. The highest BCUT2D eigenvalue weighted by atomic mass is 14.8. The van der Waals surface area contributed by atoms with Crippen molar-refractivity contribution in [2.24, 2.45) is 4.99 Å². The zero-order chi connectivity index (χ0) is 19.2. The van der Waals surface area contributed by atoms with E-state index in [2.05, 4.69) is 81.2 Å². The third-order valence-electron chi connectivity index (χ3n) is 4.77. The monoisotopic (exact) mass is 356 g/mol. The van der Waals surface area contributed by atoms with Crippen molar-refractivity contribution in [1.29, 1.82) is 0 Å². The predicted molar refractivity (Wildman–Crippen MR) is 115 cm³/mol. The van der Waals surface area contributed by atoms with E-state index < -0.39 is 0 Å². The summed E-state index contributed by atoms with van der Waals surface area (Å²) in [5.41, 5.74) is 6.97. The molecule has 0 amide bonds. The van der Waals surface area contributed by atoms with Crippen LogP contribution in [0, 0.1) is 0 Å². The van der Waals surface area contributed by atoms with Crippen LogP contribution in [0.3, 0.4) is 0 Å². The van der Waals surface area contributed by atoms with Crippen LogP contribution in [0.2, 0.25) is 0 Å². The molecule has 0 atom stereocenters. The van der Waals surface area contributed by atoms with Gasteiger partial charge in [0.1, 0.15) is 0 Å². The highest BCUT2D eigenvalue weighted by Gasteiger charge is 2.15. The molecule has 0 saturated heterocycles. The number of hydrogen-bond donors (Lipinski definition) is 0. The first-order valence-electron chi connectivity index (χ1n) is 9.72. The van der Waals surface area contributed by atoms with Crippen LogP contribution in [0.25, 0.3) is 0 Å². The second-order valence-electron chi connectivity index (χ2n) is 7.52. The Morgan fingerprint density at radius 3 is 1.96 bits per heavy atom. The minimum Gasteiger partial charge on any atom is -0.261 e. The van der Waals surface area contributed by atoms with Crippen LogP contribution in [0.15, 0.2) is 77.9 Å². The molecule has 0 radical (unpaired) electrons. The van der Waals surface area contributed by atoms with E-state index in [1.807, 2.05) is 24.4 Å². The van der Waals surface area contributed by atoms with E-state index in [9.17, 15) is 0 Å². The van der Waals surface area contributed by atoms with Crippen molar-refractivity contribution in [3.8, 4) is 0 Å². The second-order valence-corrected chi connectivity index (χ2v) is 7.52.